The molecule has 5 nitrogen and oxygen atoms in total. The summed E-state index contributed by atoms with van der Waals surface area (Å²) in [5, 5.41) is 5.79. The third-order valence-corrected chi connectivity index (χ3v) is 3.08. The first-order valence-corrected chi connectivity index (χ1v) is 6.79. The van der Waals surface area contributed by atoms with Crippen LogP contribution in [-0.4, -0.2) is 21.9 Å². The molecule has 3 rings (SSSR count). The molecule has 2 aromatic rings. The summed E-state index contributed by atoms with van der Waals surface area (Å²) < 4.78 is 13.2. The number of hydrogen-bond donors (Lipinski definition) is 2. The van der Waals surface area contributed by atoms with Crippen molar-refractivity contribution in [1.29, 1.82) is 0 Å². The van der Waals surface area contributed by atoms with E-state index >= 15 is 0 Å². The second-order valence-electron chi connectivity index (χ2n) is 5.10. The van der Waals surface area contributed by atoms with Crippen molar-refractivity contribution < 1.29 is 9.18 Å². The topological polar surface area (TPSA) is 66.9 Å². The summed E-state index contributed by atoms with van der Waals surface area (Å²) >= 11 is 0. The lowest BCUT2D eigenvalue weighted by molar-refractivity contribution is 0.0946. The molecule has 1 aliphatic rings. The lowest BCUT2D eigenvalue weighted by atomic mass is 10.3. The monoisotopic (exact) mass is 286 g/mol. The summed E-state index contributed by atoms with van der Waals surface area (Å²) in [6.45, 7) is 1.78. The van der Waals surface area contributed by atoms with Gasteiger partial charge in [-0.25, -0.2) is 14.4 Å². The lowest BCUT2D eigenvalue weighted by Crippen LogP contribution is -2.26. The molecule has 1 aromatic heterocycles. The summed E-state index contributed by atoms with van der Waals surface area (Å²) in [6, 6.07) is 7.90. The Bertz CT molecular complexity index is 685. The highest BCUT2D eigenvalue weighted by molar-refractivity contribution is 5.93. The second-order valence-corrected chi connectivity index (χ2v) is 5.10. The number of hydrogen-bond acceptors (Lipinski definition) is 4. The van der Waals surface area contributed by atoms with Crippen molar-refractivity contribution in [2.24, 2.45) is 0 Å². The van der Waals surface area contributed by atoms with Gasteiger partial charge in [0.25, 0.3) is 5.91 Å². The maximum atomic E-state index is 13.2. The number of benzene rings is 1. The molecule has 108 valence electrons. The van der Waals surface area contributed by atoms with Crippen LogP contribution in [0.25, 0.3) is 0 Å². The Balaban J connectivity index is 1.81. The van der Waals surface area contributed by atoms with E-state index in [9.17, 15) is 9.18 Å². The highest BCUT2D eigenvalue weighted by atomic mass is 19.1. The fraction of sp³-hybridized carbons (Fsp3) is 0.267. The Morgan fingerprint density at radius 3 is 2.81 bits per heavy atom. The molecular weight excluding hydrogens is 271 g/mol. The van der Waals surface area contributed by atoms with E-state index in [1.54, 1.807) is 25.1 Å². The molecule has 1 amide bonds. The average molecular weight is 286 g/mol. The predicted octanol–water partition coefficient (Wildman–Crippen LogP) is 2.56. The Hall–Kier alpha value is -2.50. The van der Waals surface area contributed by atoms with Crippen LogP contribution in [-0.2, 0) is 0 Å². The van der Waals surface area contributed by atoms with Crippen molar-refractivity contribution >= 4 is 17.5 Å². The molecule has 1 saturated carbocycles. The Labute approximate surface area is 121 Å². The minimum Gasteiger partial charge on any atom is -0.348 e. The van der Waals surface area contributed by atoms with Gasteiger partial charge >= 0.3 is 0 Å². The second kappa shape index (κ2) is 5.47. The van der Waals surface area contributed by atoms with Crippen LogP contribution in [0.1, 0.15) is 29.0 Å². The minimum atomic E-state index is -0.348. The number of amides is 1. The number of rotatable bonds is 4. The molecule has 1 heterocycles. The number of carbonyl (C=O) groups excluding carboxylic acids is 1. The van der Waals surface area contributed by atoms with E-state index in [4.69, 9.17) is 0 Å². The molecule has 0 aliphatic heterocycles. The van der Waals surface area contributed by atoms with Gasteiger partial charge in [0, 0.05) is 17.4 Å². The fourth-order valence-electron chi connectivity index (χ4n) is 1.92. The van der Waals surface area contributed by atoms with E-state index in [0.29, 0.717) is 17.1 Å². The summed E-state index contributed by atoms with van der Waals surface area (Å²) in [7, 11) is 0. The summed E-state index contributed by atoms with van der Waals surface area (Å²) in [5.74, 6) is -0.272. The number of carbonyl (C=O) groups is 1. The SMILES string of the molecule is Cc1cc(C(=O)NC2CC2)nc(Nc2cccc(F)c2)n1. The van der Waals surface area contributed by atoms with Gasteiger partial charge in [-0.05, 0) is 44.0 Å². The zero-order valence-electron chi connectivity index (χ0n) is 11.6. The normalized spacial score (nSPS) is 13.8. The largest absolute Gasteiger partial charge is 0.348 e. The molecule has 21 heavy (non-hydrogen) atoms. The van der Waals surface area contributed by atoms with Gasteiger partial charge in [-0.1, -0.05) is 6.07 Å². The third kappa shape index (κ3) is 3.53. The first-order chi connectivity index (χ1) is 10.1. The number of aryl methyl sites for hydroxylation is 1. The van der Waals surface area contributed by atoms with Gasteiger partial charge in [-0.3, -0.25) is 4.79 Å². The van der Waals surface area contributed by atoms with Gasteiger partial charge in [0.15, 0.2) is 0 Å². The van der Waals surface area contributed by atoms with E-state index in [1.807, 2.05) is 0 Å². The van der Waals surface area contributed by atoms with Gasteiger partial charge in [0.2, 0.25) is 5.95 Å². The lowest BCUT2D eigenvalue weighted by Gasteiger charge is -2.08. The molecule has 1 aromatic carbocycles. The van der Waals surface area contributed by atoms with Crippen molar-refractivity contribution in [2.45, 2.75) is 25.8 Å². The molecule has 1 fully saturated rings. The van der Waals surface area contributed by atoms with E-state index in [0.717, 1.165) is 12.8 Å². The number of anilines is 2. The van der Waals surface area contributed by atoms with Gasteiger partial charge < -0.3 is 10.6 Å². The summed E-state index contributed by atoms with van der Waals surface area (Å²) in [4.78, 5) is 20.4. The van der Waals surface area contributed by atoms with Gasteiger partial charge in [0.1, 0.15) is 11.5 Å². The molecule has 2 N–H and O–H groups in total. The van der Waals surface area contributed by atoms with Crippen LogP contribution < -0.4 is 10.6 Å². The standard InChI is InChI=1S/C15H15FN4O/c1-9-7-13(14(21)18-11-5-6-11)20-15(17-9)19-12-4-2-3-10(16)8-12/h2-4,7-8,11H,5-6H2,1H3,(H,18,21)(H,17,19,20). The fourth-order valence-corrected chi connectivity index (χ4v) is 1.92. The summed E-state index contributed by atoms with van der Waals surface area (Å²) in [6.07, 6.45) is 2.04. The molecule has 6 heteroatoms. The Morgan fingerprint density at radius 2 is 2.10 bits per heavy atom. The van der Waals surface area contributed by atoms with Crippen LogP contribution in [0.2, 0.25) is 0 Å². The smallest absolute Gasteiger partial charge is 0.270 e. The van der Waals surface area contributed by atoms with Crippen LogP contribution in [0.4, 0.5) is 16.0 Å². The summed E-state index contributed by atoms with van der Waals surface area (Å²) in [5.41, 5.74) is 1.52. The number of nitrogens with one attached hydrogen (secondary N) is 2. The first-order valence-electron chi connectivity index (χ1n) is 6.79. The number of halogens is 1. The van der Waals surface area contributed by atoms with Crippen molar-refractivity contribution in [1.82, 2.24) is 15.3 Å². The molecule has 0 bridgehead atoms. The highest BCUT2D eigenvalue weighted by Crippen LogP contribution is 2.20. The van der Waals surface area contributed by atoms with E-state index < -0.39 is 0 Å². The molecule has 0 radical (unpaired) electrons. The average Bonchev–Trinajstić information content (AvgIpc) is 3.22. The van der Waals surface area contributed by atoms with E-state index in [1.165, 1.54) is 12.1 Å². The van der Waals surface area contributed by atoms with Crippen LogP contribution in [0.3, 0.4) is 0 Å². The van der Waals surface area contributed by atoms with Gasteiger partial charge in [0.05, 0.1) is 0 Å². The number of aromatic nitrogens is 2. The number of nitrogens with zero attached hydrogens (tertiary/aromatic N) is 2. The van der Waals surface area contributed by atoms with Crippen molar-refractivity contribution in [2.75, 3.05) is 5.32 Å². The minimum absolute atomic E-state index is 0.203. The first kappa shape index (κ1) is 13.5. The zero-order chi connectivity index (χ0) is 14.8. The van der Waals surface area contributed by atoms with Crippen molar-refractivity contribution in [3.8, 4) is 0 Å². The van der Waals surface area contributed by atoms with E-state index in [-0.39, 0.29) is 23.7 Å². The van der Waals surface area contributed by atoms with Gasteiger partial charge in [-0.2, -0.15) is 0 Å². The van der Waals surface area contributed by atoms with Crippen LogP contribution >= 0.6 is 0 Å². The highest BCUT2D eigenvalue weighted by Gasteiger charge is 2.24. The maximum absolute atomic E-state index is 13.2. The molecular formula is C15H15FN4O. The molecule has 1 aliphatic carbocycles. The van der Waals surface area contributed by atoms with E-state index in [2.05, 4.69) is 20.6 Å². The van der Waals surface area contributed by atoms with Crippen LogP contribution in [0.5, 0.6) is 0 Å². The van der Waals surface area contributed by atoms with Crippen LogP contribution in [0.15, 0.2) is 30.3 Å². The molecule has 0 atom stereocenters. The van der Waals surface area contributed by atoms with Gasteiger partial charge in [-0.15, -0.1) is 0 Å². The van der Waals surface area contributed by atoms with Crippen LogP contribution in [0, 0.1) is 12.7 Å². The molecule has 0 spiro atoms. The van der Waals surface area contributed by atoms with Crippen molar-refractivity contribution in [3.05, 3.63) is 47.5 Å². The Morgan fingerprint density at radius 1 is 1.29 bits per heavy atom. The van der Waals surface area contributed by atoms with Crippen molar-refractivity contribution in [3.63, 3.8) is 0 Å². The predicted molar refractivity (Wildman–Crippen MR) is 76.9 cm³/mol. The molecule has 0 unspecified atom stereocenters. The zero-order valence-corrected chi connectivity index (χ0v) is 11.6. The maximum Gasteiger partial charge on any atom is 0.270 e. The Kier molecular flexibility index (Phi) is 3.51. The third-order valence-electron chi connectivity index (χ3n) is 3.08. The molecule has 0 saturated heterocycles. The quantitative estimate of drug-likeness (QED) is 0.906.